The van der Waals surface area contributed by atoms with Gasteiger partial charge >= 0.3 is 0 Å². The Kier molecular flexibility index (Phi) is 4.52. The van der Waals surface area contributed by atoms with E-state index in [4.69, 9.17) is 15.2 Å². The largest absolute Gasteiger partial charge is 0.493 e. The highest BCUT2D eigenvalue weighted by Gasteiger charge is 2.11. The number of hydrogen-bond acceptors (Lipinski definition) is 5. The summed E-state index contributed by atoms with van der Waals surface area (Å²) in [5.74, 6) is 2.04. The van der Waals surface area contributed by atoms with Crippen LogP contribution in [-0.4, -0.2) is 19.2 Å². The molecule has 0 atom stereocenters. The number of benzene rings is 1. The van der Waals surface area contributed by atoms with Crippen molar-refractivity contribution in [2.45, 2.75) is 10.6 Å². The van der Waals surface area contributed by atoms with Crippen molar-refractivity contribution in [1.82, 2.24) is 4.98 Å². The Labute approximate surface area is 116 Å². The standard InChI is InChI=1S/C14H16N2O2S/c1-17-12-7-8-16-11(14(12)18-2)9-19-13-6-4-3-5-10(13)15/h3-8H,9,15H2,1-2H3. The van der Waals surface area contributed by atoms with Crippen LogP contribution in [0.2, 0.25) is 0 Å². The van der Waals surface area contributed by atoms with E-state index in [1.807, 2.05) is 24.3 Å². The van der Waals surface area contributed by atoms with Crippen LogP contribution < -0.4 is 15.2 Å². The molecule has 2 N–H and O–H groups in total. The van der Waals surface area contributed by atoms with Crippen LogP contribution in [-0.2, 0) is 5.75 Å². The van der Waals surface area contributed by atoms with Gasteiger partial charge in [0.15, 0.2) is 11.5 Å². The fourth-order valence-corrected chi connectivity index (χ4v) is 2.62. The number of thioether (sulfide) groups is 1. The number of aromatic nitrogens is 1. The van der Waals surface area contributed by atoms with Crippen LogP contribution in [0.5, 0.6) is 11.5 Å². The van der Waals surface area contributed by atoms with Crippen molar-refractivity contribution in [3.05, 3.63) is 42.2 Å². The van der Waals surface area contributed by atoms with Crippen molar-refractivity contribution in [3.8, 4) is 11.5 Å². The van der Waals surface area contributed by atoms with Crippen LogP contribution >= 0.6 is 11.8 Å². The van der Waals surface area contributed by atoms with Crippen molar-refractivity contribution < 1.29 is 9.47 Å². The van der Waals surface area contributed by atoms with Crippen molar-refractivity contribution >= 4 is 17.4 Å². The first-order valence-electron chi connectivity index (χ1n) is 5.79. The predicted molar refractivity (Wildman–Crippen MR) is 77.8 cm³/mol. The van der Waals surface area contributed by atoms with Crippen LogP contribution in [0.25, 0.3) is 0 Å². The van der Waals surface area contributed by atoms with E-state index >= 15 is 0 Å². The molecule has 0 saturated heterocycles. The smallest absolute Gasteiger partial charge is 0.183 e. The number of nitrogens with two attached hydrogens (primary N) is 1. The van der Waals surface area contributed by atoms with E-state index < -0.39 is 0 Å². The Morgan fingerprint density at radius 3 is 2.63 bits per heavy atom. The predicted octanol–water partition coefficient (Wildman–Crippen LogP) is 2.97. The number of pyridine rings is 1. The van der Waals surface area contributed by atoms with Gasteiger partial charge in [0.1, 0.15) is 0 Å². The highest BCUT2D eigenvalue weighted by atomic mass is 32.2. The van der Waals surface area contributed by atoms with Crippen LogP contribution in [0.3, 0.4) is 0 Å². The first-order chi connectivity index (χ1) is 9.26. The number of para-hydroxylation sites is 1. The first-order valence-corrected chi connectivity index (χ1v) is 6.78. The van der Waals surface area contributed by atoms with Crippen molar-refractivity contribution in [1.29, 1.82) is 0 Å². The Balaban J connectivity index is 2.18. The van der Waals surface area contributed by atoms with E-state index in [0.29, 0.717) is 17.3 Å². The maximum Gasteiger partial charge on any atom is 0.183 e. The van der Waals surface area contributed by atoms with Gasteiger partial charge in [0.25, 0.3) is 0 Å². The Morgan fingerprint density at radius 2 is 1.95 bits per heavy atom. The SMILES string of the molecule is COc1ccnc(CSc2ccccc2N)c1OC. The summed E-state index contributed by atoms with van der Waals surface area (Å²) < 4.78 is 10.6. The van der Waals surface area contributed by atoms with Gasteiger partial charge < -0.3 is 15.2 Å². The molecule has 0 aliphatic rings. The molecule has 0 unspecified atom stereocenters. The minimum atomic E-state index is 0.673. The monoisotopic (exact) mass is 276 g/mol. The number of ether oxygens (including phenoxy) is 2. The van der Waals surface area contributed by atoms with Crippen molar-refractivity contribution in [2.24, 2.45) is 0 Å². The summed E-state index contributed by atoms with van der Waals surface area (Å²) in [6, 6.07) is 9.55. The average molecular weight is 276 g/mol. The summed E-state index contributed by atoms with van der Waals surface area (Å²) in [5, 5.41) is 0. The molecule has 0 fully saturated rings. The summed E-state index contributed by atoms with van der Waals surface area (Å²) in [6.45, 7) is 0. The van der Waals surface area contributed by atoms with Crippen molar-refractivity contribution in [2.75, 3.05) is 20.0 Å². The number of methoxy groups -OCH3 is 2. The second-order valence-electron chi connectivity index (χ2n) is 3.82. The zero-order valence-corrected chi connectivity index (χ0v) is 11.7. The van der Waals surface area contributed by atoms with E-state index in [-0.39, 0.29) is 0 Å². The molecule has 0 amide bonds. The fourth-order valence-electron chi connectivity index (χ4n) is 1.71. The highest BCUT2D eigenvalue weighted by Crippen LogP contribution is 2.34. The lowest BCUT2D eigenvalue weighted by molar-refractivity contribution is 0.350. The van der Waals surface area contributed by atoms with Gasteiger partial charge in [-0.25, -0.2) is 0 Å². The van der Waals surface area contributed by atoms with Crippen molar-refractivity contribution in [3.63, 3.8) is 0 Å². The van der Waals surface area contributed by atoms with Gasteiger partial charge in [0, 0.05) is 28.6 Å². The zero-order valence-electron chi connectivity index (χ0n) is 10.9. The number of rotatable bonds is 5. The minimum Gasteiger partial charge on any atom is -0.493 e. The average Bonchev–Trinajstić information content (AvgIpc) is 2.45. The Hall–Kier alpha value is -1.88. The van der Waals surface area contributed by atoms with Gasteiger partial charge in [-0.3, -0.25) is 4.98 Å². The number of nitrogen functional groups attached to an aromatic ring is 1. The quantitative estimate of drug-likeness (QED) is 0.672. The molecular weight excluding hydrogens is 260 g/mol. The van der Waals surface area contributed by atoms with E-state index in [9.17, 15) is 0 Å². The summed E-state index contributed by atoms with van der Waals surface area (Å²) in [4.78, 5) is 5.37. The van der Waals surface area contributed by atoms with Gasteiger partial charge in [0.05, 0.1) is 19.9 Å². The molecule has 2 aromatic rings. The number of hydrogen-bond donors (Lipinski definition) is 1. The molecule has 0 saturated carbocycles. The van der Waals surface area contributed by atoms with Gasteiger partial charge in [-0.2, -0.15) is 0 Å². The highest BCUT2D eigenvalue weighted by molar-refractivity contribution is 7.98. The number of anilines is 1. The molecule has 0 aliphatic heterocycles. The molecule has 1 heterocycles. The molecule has 0 aliphatic carbocycles. The molecular formula is C14H16N2O2S. The first kappa shape index (κ1) is 13.5. The van der Waals surface area contributed by atoms with E-state index in [2.05, 4.69) is 4.98 Å². The molecule has 4 nitrogen and oxygen atoms in total. The Morgan fingerprint density at radius 1 is 1.16 bits per heavy atom. The van der Waals surface area contributed by atoms with Crippen LogP contribution in [0, 0.1) is 0 Å². The second kappa shape index (κ2) is 6.33. The lowest BCUT2D eigenvalue weighted by Gasteiger charge is -2.11. The van der Waals surface area contributed by atoms with Crippen LogP contribution in [0.1, 0.15) is 5.69 Å². The molecule has 1 aromatic heterocycles. The second-order valence-corrected chi connectivity index (χ2v) is 4.84. The third kappa shape index (κ3) is 3.12. The van der Waals surface area contributed by atoms with Gasteiger partial charge in [-0.1, -0.05) is 12.1 Å². The maximum absolute atomic E-state index is 5.91. The topological polar surface area (TPSA) is 57.4 Å². The van der Waals surface area contributed by atoms with E-state index in [1.54, 1.807) is 38.2 Å². The summed E-state index contributed by atoms with van der Waals surface area (Å²) in [6.07, 6.45) is 1.71. The molecule has 5 heteroatoms. The molecule has 100 valence electrons. The van der Waals surface area contributed by atoms with Crippen LogP contribution in [0.4, 0.5) is 5.69 Å². The molecule has 0 spiro atoms. The molecule has 1 aromatic carbocycles. The Bertz CT molecular complexity index is 561. The summed E-state index contributed by atoms with van der Waals surface area (Å²) in [7, 11) is 3.23. The molecule has 0 radical (unpaired) electrons. The third-order valence-electron chi connectivity index (χ3n) is 2.65. The molecule has 0 bridgehead atoms. The normalized spacial score (nSPS) is 10.2. The fraction of sp³-hybridized carbons (Fsp3) is 0.214. The maximum atomic E-state index is 5.91. The van der Waals surface area contributed by atoms with Crippen LogP contribution in [0.15, 0.2) is 41.4 Å². The molecule has 2 rings (SSSR count). The lowest BCUT2D eigenvalue weighted by atomic mass is 10.3. The third-order valence-corrected chi connectivity index (χ3v) is 3.75. The van der Waals surface area contributed by atoms with Gasteiger partial charge in [-0.05, 0) is 12.1 Å². The zero-order chi connectivity index (χ0) is 13.7. The summed E-state index contributed by atoms with van der Waals surface area (Å²) >= 11 is 1.63. The minimum absolute atomic E-state index is 0.673. The summed E-state index contributed by atoms with van der Waals surface area (Å²) in [5.41, 5.74) is 7.53. The van der Waals surface area contributed by atoms with Gasteiger partial charge in [0.2, 0.25) is 0 Å². The van der Waals surface area contributed by atoms with E-state index in [1.165, 1.54) is 0 Å². The van der Waals surface area contributed by atoms with Gasteiger partial charge in [-0.15, -0.1) is 11.8 Å². The lowest BCUT2D eigenvalue weighted by Crippen LogP contribution is -1.98. The molecule has 19 heavy (non-hydrogen) atoms. The van der Waals surface area contributed by atoms with E-state index in [0.717, 1.165) is 16.3 Å². The number of nitrogens with zero attached hydrogens (tertiary/aromatic N) is 1.